The molecular formula is C59H37NO. The lowest BCUT2D eigenvalue weighted by Crippen LogP contribution is -2.25. The van der Waals surface area contributed by atoms with E-state index in [0.717, 1.165) is 44.4 Å². The molecule has 10 aromatic carbocycles. The molecule has 0 unspecified atom stereocenters. The Labute approximate surface area is 354 Å². The van der Waals surface area contributed by atoms with Gasteiger partial charge in [0.2, 0.25) is 0 Å². The summed E-state index contributed by atoms with van der Waals surface area (Å²) in [6.45, 7) is 0. The molecule has 0 radical (unpaired) electrons. The predicted molar refractivity (Wildman–Crippen MR) is 253 cm³/mol. The summed E-state index contributed by atoms with van der Waals surface area (Å²) >= 11 is 0. The molecule has 1 aromatic heterocycles. The van der Waals surface area contributed by atoms with E-state index in [-0.39, 0.29) is 5.41 Å². The standard InChI is InChI=1S/C59H37NO/c1-3-16-41(17-4-1)60(42-18-5-2-6-19-42)55-28-15-29-56-57(55)50-37-48(43-20-7-8-24-47(43)58(50)61-56)39-32-30-38(31-33-39)40-34-35-54-49(36-40)46-23-11-14-27-53(46)59(54)51-25-12-9-21-44(51)45-22-10-13-26-52(45)59/h1-37H. The van der Waals surface area contributed by atoms with Gasteiger partial charge >= 0.3 is 0 Å². The van der Waals surface area contributed by atoms with Crippen LogP contribution in [-0.4, -0.2) is 0 Å². The van der Waals surface area contributed by atoms with Crippen molar-refractivity contribution in [3.05, 3.63) is 247 Å². The molecule has 0 N–H and O–H groups in total. The van der Waals surface area contributed by atoms with E-state index >= 15 is 0 Å². The maximum atomic E-state index is 6.80. The highest BCUT2D eigenvalue weighted by molar-refractivity contribution is 6.22. The predicted octanol–water partition coefficient (Wildman–Crippen LogP) is 15.9. The maximum Gasteiger partial charge on any atom is 0.143 e. The summed E-state index contributed by atoms with van der Waals surface area (Å²) in [4.78, 5) is 2.34. The van der Waals surface area contributed by atoms with Crippen molar-refractivity contribution < 1.29 is 4.42 Å². The fourth-order valence-corrected chi connectivity index (χ4v) is 10.8. The van der Waals surface area contributed by atoms with Gasteiger partial charge in [0.15, 0.2) is 0 Å². The molecule has 1 spiro atoms. The van der Waals surface area contributed by atoms with E-state index in [0.29, 0.717) is 0 Å². The van der Waals surface area contributed by atoms with Gasteiger partial charge in [-0.2, -0.15) is 0 Å². The molecular weight excluding hydrogens is 739 g/mol. The number of fused-ring (bicyclic) bond motifs is 15. The molecule has 13 rings (SSSR count). The number of anilines is 3. The van der Waals surface area contributed by atoms with E-state index in [1.165, 1.54) is 72.1 Å². The van der Waals surface area contributed by atoms with Crippen molar-refractivity contribution in [1.29, 1.82) is 0 Å². The minimum Gasteiger partial charge on any atom is -0.455 e. The number of benzene rings is 10. The quantitative estimate of drug-likeness (QED) is 0.173. The zero-order chi connectivity index (χ0) is 40.1. The largest absolute Gasteiger partial charge is 0.455 e. The van der Waals surface area contributed by atoms with Gasteiger partial charge in [-0.1, -0.05) is 176 Å². The molecule has 0 saturated heterocycles. The maximum absolute atomic E-state index is 6.80. The fourth-order valence-electron chi connectivity index (χ4n) is 10.8. The van der Waals surface area contributed by atoms with Crippen LogP contribution in [0.15, 0.2) is 229 Å². The number of hydrogen-bond acceptors (Lipinski definition) is 2. The van der Waals surface area contributed by atoms with E-state index < -0.39 is 0 Å². The number of para-hydroxylation sites is 2. The third-order valence-electron chi connectivity index (χ3n) is 13.3. The van der Waals surface area contributed by atoms with Gasteiger partial charge in [-0.05, 0) is 121 Å². The Morgan fingerprint density at radius 1 is 0.328 bits per heavy atom. The van der Waals surface area contributed by atoms with Crippen LogP contribution in [-0.2, 0) is 5.41 Å². The van der Waals surface area contributed by atoms with Crippen molar-refractivity contribution in [2.75, 3.05) is 4.90 Å². The number of hydrogen-bond donors (Lipinski definition) is 0. The molecule has 0 amide bonds. The minimum absolute atomic E-state index is 0.336. The number of furan rings is 1. The van der Waals surface area contributed by atoms with Crippen molar-refractivity contribution in [2.45, 2.75) is 5.41 Å². The molecule has 2 heteroatoms. The Kier molecular flexibility index (Phi) is 7.26. The highest BCUT2D eigenvalue weighted by atomic mass is 16.3. The van der Waals surface area contributed by atoms with Gasteiger partial charge in [-0.25, -0.2) is 0 Å². The van der Waals surface area contributed by atoms with E-state index in [4.69, 9.17) is 4.42 Å². The van der Waals surface area contributed by atoms with Crippen LogP contribution in [0.2, 0.25) is 0 Å². The number of rotatable bonds is 5. The van der Waals surface area contributed by atoms with Gasteiger partial charge in [-0.3, -0.25) is 0 Å². The van der Waals surface area contributed by atoms with E-state index in [2.05, 4.69) is 229 Å². The Hall–Kier alpha value is -7.94. The Balaban J connectivity index is 0.956. The Morgan fingerprint density at radius 3 is 1.48 bits per heavy atom. The Bertz CT molecular complexity index is 3440. The normalized spacial score (nSPS) is 13.0. The molecule has 2 nitrogen and oxygen atoms in total. The van der Waals surface area contributed by atoms with Gasteiger partial charge in [0.05, 0.1) is 16.5 Å². The Morgan fingerprint density at radius 2 is 0.836 bits per heavy atom. The lowest BCUT2D eigenvalue weighted by molar-refractivity contribution is 0.672. The van der Waals surface area contributed by atoms with Crippen LogP contribution in [0, 0.1) is 0 Å². The SMILES string of the molecule is c1ccc(N(c2ccccc2)c2cccc3oc4c5ccccc5c(-c5ccc(-c6ccc7c(c6)-c6ccccc6C76c7ccccc7-c7ccccc76)cc5)cc4c23)cc1. The van der Waals surface area contributed by atoms with Crippen molar-refractivity contribution >= 4 is 49.8 Å². The van der Waals surface area contributed by atoms with Crippen LogP contribution in [0.3, 0.4) is 0 Å². The van der Waals surface area contributed by atoms with Crippen LogP contribution in [0.25, 0.3) is 77.2 Å². The first-order valence-electron chi connectivity index (χ1n) is 21.1. The molecule has 284 valence electrons. The van der Waals surface area contributed by atoms with Crippen molar-refractivity contribution in [3.63, 3.8) is 0 Å². The van der Waals surface area contributed by atoms with Gasteiger partial charge < -0.3 is 9.32 Å². The summed E-state index contributed by atoms with van der Waals surface area (Å²) in [5.74, 6) is 0. The molecule has 2 aliphatic rings. The van der Waals surface area contributed by atoms with Gasteiger partial charge in [0, 0.05) is 22.1 Å². The molecule has 0 aliphatic heterocycles. The molecule has 0 saturated carbocycles. The van der Waals surface area contributed by atoms with Crippen molar-refractivity contribution in [3.8, 4) is 44.5 Å². The van der Waals surface area contributed by atoms with Crippen LogP contribution in [0.4, 0.5) is 17.1 Å². The highest BCUT2D eigenvalue weighted by Crippen LogP contribution is 2.63. The van der Waals surface area contributed by atoms with Crippen molar-refractivity contribution in [1.82, 2.24) is 0 Å². The van der Waals surface area contributed by atoms with Crippen LogP contribution in [0.1, 0.15) is 22.3 Å². The lowest BCUT2D eigenvalue weighted by atomic mass is 9.70. The monoisotopic (exact) mass is 775 g/mol. The molecule has 2 aliphatic carbocycles. The summed E-state index contributed by atoms with van der Waals surface area (Å²) in [5, 5.41) is 4.47. The van der Waals surface area contributed by atoms with Gasteiger partial charge in [0.25, 0.3) is 0 Å². The summed E-state index contributed by atoms with van der Waals surface area (Å²) < 4.78 is 6.80. The molecule has 0 bridgehead atoms. The first kappa shape index (κ1) is 34.0. The topological polar surface area (TPSA) is 16.4 Å². The average molecular weight is 776 g/mol. The van der Waals surface area contributed by atoms with Crippen LogP contribution >= 0.6 is 0 Å². The average Bonchev–Trinajstić information content (AvgIpc) is 3.97. The first-order chi connectivity index (χ1) is 30.3. The van der Waals surface area contributed by atoms with Gasteiger partial charge in [0.1, 0.15) is 11.2 Å². The summed E-state index contributed by atoms with van der Waals surface area (Å²) in [7, 11) is 0. The number of nitrogens with zero attached hydrogens (tertiary/aromatic N) is 1. The molecule has 61 heavy (non-hydrogen) atoms. The van der Waals surface area contributed by atoms with Crippen LogP contribution < -0.4 is 4.90 Å². The second-order valence-corrected chi connectivity index (χ2v) is 16.3. The fraction of sp³-hybridized carbons (Fsp3) is 0.0169. The minimum atomic E-state index is -0.336. The molecule has 1 heterocycles. The second-order valence-electron chi connectivity index (χ2n) is 16.3. The van der Waals surface area contributed by atoms with Crippen LogP contribution in [0.5, 0.6) is 0 Å². The molecule has 11 aromatic rings. The second kappa shape index (κ2) is 13.0. The van der Waals surface area contributed by atoms with Gasteiger partial charge in [-0.15, -0.1) is 0 Å². The smallest absolute Gasteiger partial charge is 0.143 e. The summed E-state index contributed by atoms with van der Waals surface area (Å²) in [6, 6.07) is 81.9. The van der Waals surface area contributed by atoms with E-state index in [1.54, 1.807) is 0 Å². The third kappa shape index (κ3) is 4.79. The molecule has 0 fully saturated rings. The third-order valence-corrected chi connectivity index (χ3v) is 13.3. The zero-order valence-electron chi connectivity index (χ0n) is 33.2. The summed E-state index contributed by atoms with van der Waals surface area (Å²) in [5.41, 5.74) is 20.2. The van der Waals surface area contributed by atoms with Crippen molar-refractivity contribution in [2.24, 2.45) is 0 Å². The summed E-state index contributed by atoms with van der Waals surface area (Å²) in [6.07, 6.45) is 0. The van der Waals surface area contributed by atoms with E-state index in [1.807, 2.05) is 0 Å². The first-order valence-corrected chi connectivity index (χ1v) is 21.1. The lowest BCUT2D eigenvalue weighted by Gasteiger charge is -2.30. The van der Waals surface area contributed by atoms with E-state index in [9.17, 15) is 0 Å². The zero-order valence-corrected chi connectivity index (χ0v) is 33.2. The highest BCUT2D eigenvalue weighted by Gasteiger charge is 2.51. The molecule has 0 atom stereocenters.